The molecule has 0 spiro atoms. The predicted octanol–water partition coefficient (Wildman–Crippen LogP) is 0.0554. The second-order valence-electron chi connectivity index (χ2n) is 5.20. The van der Waals surface area contributed by atoms with Crippen molar-refractivity contribution in [2.24, 2.45) is 5.92 Å². The van der Waals surface area contributed by atoms with Crippen LogP contribution < -0.4 is 16.4 Å². The SMILES string of the molecule is CC(C)[C@H](NC(=O)c1ccc2[nH]c(=O)c(=O)[nH]c2c1)C(=O)O. The molecule has 4 N–H and O–H groups in total. The maximum Gasteiger partial charge on any atom is 0.326 e. The molecular formula is C14H15N3O5. The van der Waals surface area contributed by atoms with E-state index >= 15 is 0 Å². The summed E-state index contributed by atoms with van der Waals surface area (Å²) in [6, 6.07) is 3.26. The van der Waals surface area contributed by atoms with Gasteiger partial charge in [0.1, 0.15) is 6.04 Å². The molecule has 2 rings (SSSR count). The fourth-order valence-electron chi connectivity index (χ4n) is 1.99. The summed E-state index contributed by atoms with van der Waals surface area (Å²) in [6.07, 6.45) is 0. The summed E-state index contributed by atoms with van der Waals surface area (Å²) < 4.78 is 0. The van der Waals surface area contributed by atoms with Gasteiger partial charge >= 0.3 is 17.1 Å². The van der Waals surface area contributed by atoms with Crippen molar-refractivity contribution in [1.29, 1.82) is 0 Å². The van der Waals surface area contributed by atoms with Crippen molar-refractivity contribution in [3.63, 3.8) is 0 Å². The Morgan fingerprint density at radius 3 is 2.23 bits per heavy atom. The maximum atomic E-state index is 12.1. The largest absolute Gasteiger partial charge is 0.480 e. The highest BCUT2D eigenvalue weighted by Crippen LogP contribution is 2.10. The van der Waals surface area contributed by atoms with Crippen LogP contribution in [0.15, 0.2) is 27.8 Å². The fraction of sp³-hybridized carbons (Fsp3) is 0.286. The van der Waals surface area contributed by atoms with Crippen molar-refractivity contribution in [2.75, 3.05) is 0 Å². The van der Waals surface area contributed by atoms with E-state index in [9.17, 15) is 19.2 Å². The summed E-state index contributed by atoms with van der Waals surface area (Å²) >= 11 is 0. The van der Waals surface area contributed by atoms with E-state index in [1.54, 1.807) is 13.8 Å². The van der Waals surface area contributed by atoms with Crippen LogP contribution in [0.2, 0.25) is 0 Å². The molecule has 0 aliphatic carbocycles. The summed E-state index contributed by atoms with van der Waals surface area (Å²) in [5, 5.41) is 11.5. The van der Waals surface area contributed by atoms with Gasteiger partial charge in [-0.05, 0) is 24.1 Å². The van der Waals surface area contributed by atoms with E-state index < -0.39 is 29.0 Å². The third-order valence-corrected chi connectivity index (χ3v) is 3.20. The lowest BCUT2D eigenvalue weighted by Gasteiger charge is -2.17. The van der Waals surface area contributed by atoms with Gasteiger partial charge in [-0.1, -0.05) is 13.8 Å². The van der Waals surface area contributed by atoms with Gasteiger partial charge in [0, 0.05) is 5.56 Å². The number of carboxylic acid groups (broad SMARTS) is 1. The molecule has 1 aromatic heterocycles. The molecule has 1 aromatic carbocycles. The number of hydrogen-bond acceptors (Lipinski definition) is 4. The van der Waals surface area contributed by atoms with Crippen LogP contribution >= 0.6 is 0 Å². The van der Waals surface area contributed by atoms with Crippen LogP contribution in [0.5, 0.6) is 0 Å². The number of carboxylic acids is 1. The van der Waals surface area contributed by atoms with E-state index in [0.29, 0.717) is 5.52 Å². The number of carbonyl (C=O) groups excluding carboxylic acids is 1. The van der Waals surface area contributed by atoms with E-state index in [1.807, 2.05) is 0 Å². The van der Waals surface area contributed by atoms with Crippen LogP contribution in [-0.4, -0.2) is 33.0 Å². The summed E-state index contributed by atoms with van der Waals surface area (Å²) in [6.45, 7) is 3.36. The van der Waals surface area contributed by atoms with E-state index in [4.69, 9.17) is 5.11 Å². The van der Waals surface area contributed by atoms with Gasteiger partial charge in [0.05, 0.1) is 11.0 Å². The third-order valence-electron chi connectivity index (χ3n) is 3.20. The fourth-order valence-corrected chi connectivity index (χ4v) is 1.99. The van der Waals surface area contributed by atoms with E-state index in [2.05, 4.69) is 15.3 Å². The van der Waals surface area contributed by atoms with Gasteiger partial charge in [-0.3, -0.25) is 14.4 Å². The Bertz CT molecular complexity index is 849. The summed E-state index contributed by atoms with van der Waals surface area (Å²) in [4.78, 5) is 50.5. The Morgan fingerprint density at radius 2 is 1.68 bits per heavy atom. The lowest BCUT2D eigenvalue weighted by molar-refractivity contribution is -0.140. The highest BCUT2D eigenvalue weighted by atomic mass is 16.4. The van der Waals surface area contributed by atoms with Crippen LogP contribution in [0.3, 0.4) is 0 Å². The Kier molecular flexibility index (Phi) is 4.11. The van der Waals surface area contributed by atoms with Gasteiger partial charge in [-0.15, -0.1) is 0 Å². The lowest BCUT2D eigenvalue weighted by Crippen LogP contribution is -2.44. The molecule has 8 nitrogen and oxygen atoms in total. The van der Waals surface area contributed by atoms with Crippen LogP contribution in [0.1, 0.15) is 24.2 Å². The molecule has 1 atom stereocenters. The number of H-pyrrole nitrogens is 2. The third kappa shape index (κ3) is 3.05. The standard InChI is InChI=1S/C14H15N3O5/c1-6(2)10(14(21)22)17-11(18)7-3-4-8-9(5-7)16-13(20)12(19)15-8/h3-6,10H,1-2H3,(H,15,19)(H,16,20)(H,17,18)(H,21,22)/t10-/m0/s1. The molecule has 0 aliphatic heterocycles. The molecule has 0 aliphatic rings. The maximum absolute atomic E-state index is 12.1. The topological polar surface area (TPSA) is 132 Å². The first-order valence-electron chi connectivity index (χ1n) is 6.59. The molecule has 116 valence electrons. The smallest absolute Gasteiger partial charge is 0.326 e. The van der Waals surface area contributed by atoms with Crippen LogP contribution in [0.25, 0.3) is 11.0 Å². The molecule has 0 bridgehead atoms. The number of carbonyl (C=O) groups is 2. The minimum atomic E-state index is -1.12. The average molecular weight is 305 g/mol. The van der Waals surface area contributed by atoms with Crippen molar-refractivity contribution < 1.29 is 14.7 Å². The van der Waals surface area contributed by atoms with E-state index in [0.717, 1.165) is 0 Å². The van der Waals surface area contributed by atoms with Crippen molar-refractivity contribution in [3.05, 3.63) is 44.5 Å². The average Bonchev–Trinajstić information content (AvgIpc) is 2.44. The summed E-state index contributed by atoms with van der Waals surface area (Å²) in [5.74, 6) is -1.98. The molecule has 0 unspecified atom stereocenters. The Balaban J connectivity index is 2.36. The molecule has 2 aromatic rings. The summed E-state index contributed by atoms with van der Waals surface area (Å²) in [7, 11) is 0. The predicted molar refractivity (Wildman–Crippen MR) is 78.9 cm³/mol. The zero-order valence-electron chi connectivity index (χ0n) is 12.0. The number of nitrogens with one attached hydrogen (secondary N) is 3. The number of aromatic nitrogens is 2. The number of aromatic amines is 2. The second kappa shape index (κ2) is 5.84. The van der Waals surface area contributed by atoms with Gasteiger partial charge in [0.15, 0.2) is 0 Å². The first kappa shape index (κ1) is 15.5. The van der Waals surface area contributed by atoms with Crippen molar-refractivity contribution in [2.45, 2.75) is 19.9 Å². The number of fused-ring (bicyclic) bond motifs is 1. The molecule has 1 heterocycles. The summed E-state index contributed by atoms with van der Waals surface area (Å²) in [5.41, 5.74) is -0.762. The molecule has 1 amide bonds. The second-order valence-corrected chi connectivity index (χ2v) is 5.20. The minimum absolute atomic E-state index is 0.182. The number of amides is 1. The van der Waals surface area contributed by atoms with Crippen LogP contribution in [0.4, 0.5) is 0 Å². The Morgan fingerprint density at radius 1 is 1.09 bits per heavy atom. The number of benzene rings is 1. The minimum Gasteiger partial charge on any atom is -0.480 e. The quantitative estimate of drug-likeness (QED) is 0.593. The van der Waals surface area contributed by atoms with E-state index in [1.165, 1.54) is 18.2 Å². The molecule has 0 saturated carbocycles. The van der Waals surface area contributed by atoms with Crippen LogP contribution in [-0.2, 0) is 4.79 Å². The zero-order chi connectivity index (χ0) is 16.4. The molecule has 0 radical (unpaired) electrons. The number of hydrogen-bond donors (Lipinski definition) is 4. The van der Waals surface area contributed by atoms with Crippen molar-refractivity contribution in [1.82, 2.24) is 15.3 Å². The van der Waals surface area contributed by atoms with Gasteiger partial charge in [0.25, 0.3) is 5.91 Å². The van der Waals surface area contributed by atoms with E-state index in [-0.39, 0.29) is 17.0 Å². The van der Waals surface area contributed by atoms with Gasteiger partial charge in [-0.25, -0.2) is 4.79 Å². The van der Waals surface area contributed by atoms with Gasteiger partial charge < -0.3 is 20.4 Å². The molecular weight excluding hydrogens is 290 g/mol. The van der Waals surface area contributed by atoms with Gasteiger partial charge in [-0.2, -0.15) is 0 Å². The Hall–Kier alpha value is -2.90. The zero-order valence-corrected chi connectivity index (χ0v) is 12.0. The highest BCUT2D eigenvalue weighted by molar-refractivity contribution is 5.99. The molecule has 22 heavy (non-hydrogen) atoms. The van der Waals surface area contributed by atoms with Gasteiger partial charge in [0.2, 0.25) is 0 Å². The normalized spacial score (nSPS) is 12.3. The van der Waals surface area contributed by atoms with Crippen molar-refractivity contribution in [3.8, 4) is 0 Å². The first-order chi connectivity index (χ1) is 10.3. The molecule has 8 heteroatoms. The Labute approximate surface area is 124 Å². The number of rotatable bonds is 4. The lowest BCUT2D eigenvalue weighted by atomic mass is 10.0. The van der Waals surface area contributed by atoms with Crippen molar-refractivity contribution >= 4 is 22.9 Å². The monoisotopic (exact) mass is 305 g/mol. The highest BCUT2D eigenvalue weighted by Gasteiger charge is 2.24. The number of aliphatic carboxylic acids is 1. The molecule has 0 fully saturated rings. The first-order valence-corrected chi connectivity index (χ1v) is 6.59. The van der Waals surface area contributed by atoms with Crippen LogP contribution in [0, 0.1) is 5.92 Å². The molecule has 0 saturated heterocycles.